The minimum Gasteiger partial charge on any atom is -0.394 e. The normalized spacial score (nSPS) is 12.8. The molecular weight excluding hydrogens is 433 g/mol. The van der Waals surface area contributed by atoms with Crippen LogP contribution in [0.3, 0.4) is 0 Å². The fraction of sp³-hybridized carbons (Fsp3) is 0.286. The van der Waals surface area contributed by atoms with E-state index in [0.717, 1.165) is 3.70 Å². The number of halogens is 1. The lowest BCUT2D eigenvalue weighted by Crippen LogP contribution is -2.22. The Balaban J connectivity index is 2.18. The fourth-order valence-corrected chi connectivity index (χ4v) is 4.02. The first kappa shape index (κ1) is 17.9. The first-order valence-corrected chi connectivity index (χ1v) is 9.45. The number of carbonyl (C=O) groups is 1. The molecule has 7 nitrogen and oxygen atoms in total. The van der Waals surface area contributed by atoms with Crippen molar-refractivity contribution in [3.8, 4) is 0 Å². The topological polar surface area (TPSA) is 101 Å². The molecule has 2 rings (SSSR count). The Kier molecular flexibility index (Phi) is 5.76. The first-order valence-electron chi connectivity index (χ1n) is 6.72. The molecule has 0 spiro atoms. The molecular formula is C14H16IN3O4S. The summed E-state index contributed by atoms with van der Waals surface area (Å²) >= 11 is 2.01. The summed E-state index contributed by atoms with van der Waals surface area (Å²) in [7, 11) is -3.58. The van der Waals surface area contributed by atoms with E-state index in [9.17, 15) is 18.3 Å². The molecule has 0 saturated carbocycles. The third-order valence-corrected chi connectivity index (χ3v) is 5.52. The van der Waals surface area contributed by atoms with E-state index >= 15 is 0 Å². The van der Waals surface area contributed by atoms with Crippen molar-refractivity contribution < 1.29 is 18.3 Å². The zero-order chi connectivity index (χ0) is 17.0. The van der Waals surface area contributed by atoms with E-state index in [1.165, 1.54) is 37.5 Å². The summed E-state index contributed by atoms with van der Waals surface area (Å²) in [5, 5.41) is 12.1. The van der Waals surface area contributed by atoms with Gasteiger partial charge in [-0.1, -0.05) is 0 Å². The summed E-state index contributed by atoms with van der Waals surface area (Å²) in [6.45, 7) is 1.07. The van der Waals surface area contributed by atoms with E-state index in [0.29, 0.717) is 5.69 Å². The van der Waals surface area contributed by atoms with Gasteiger partial charge in [0.1, 0.15) is 3.70 Å². The number of rotatable bonds is 6. The monoisotopic (exact) mass is 449 g/mol. The lowest BCUT2D eigenvalue weighted by atomic mass is 10.3. The van der Waals surface area contributed by atoms with Crippen LogP contribution in [-0.4, -0.2) is 41.3 Å². The van der Waals surface area contributed by atoms with Gasteiger partial charge in [-0.3, -0.25) is 4.79 Å². The summed E-state index contributed by atoms with van der Waals surface area (Å²) in [4.78, 5) is 15.1. The predicted octanol–water partition coefficient (Wildman–Crippen LogP) is 1.45. The largest absolute Gasteiger partial charge is 0.394 e. The predicted molar refractivity (Wildman–Crippen MR) is 93.9 cm³/mol. The molecule has 0 aliphatic rings. The Morgan fingerprint density at radius 1 is 1.39 bits per heavy atom. The molecule has 0 fully saturated rings. The van der Waals surface area contributed by atoms with Crippen LogP contribution in [0.25, 0.3) is 0 Å². The van der Waals surface area contributed by atoms with Crippen molar-refractivity contribution in [2.75, 3.05) is 17.7 Å². The number of nitrogens with one attached hydrogen (secondary N) is 1. The summed E-state index contributed by atoms with van der Waals surface area (Å²) in [5.74, 6) is -0.467. The molecule has 0 saturated heterocycles. The number of nitrogens with zero attached hydrogens (tertiary/aromatic N) is 2. The van der Waals surface area contributed by atoms with Gasteiger partial charge >= 0.3 is 0 Å². The molecule has 1 aromatic heterocycles. The summed E-state index contributed by atoms with van der Waals surface area (Å²) < 4.78 is 27.3. The van der Waals surface area contributed by atoms with Crippen LogP contribution >= 0.6 is 22.6 Å². The standard InChI is InChI=1S/C14H16IN3O4S/c1-10(20)17-11-2-4-13(5-3-11)23(21,22)8-12(7-19)18-6-14(15)16-9-18/h2-6,9,12,19H,7-8H2,1H3,(H,17,20). The van der Waals surface area contributed by atoms with Crippen LogP contribution in [0.5, 0.6) is 0 Å². The molecule has 1 unspecified atom stereocenters. The number of aliphatic hydroxyl groups excluding tert-OH is 1. The zero-order valence-corrected chi connectivity index (χ0v) is 15.3. The molecule has 2 N–H and O–H groups in total. The van der Waals surface area contributed by atoms with Gasteiger partial charge in [0.25, 0.3) is 0 Å². The molecule has 0 bridgehead atoms. The van der Waals surface area contributed by atoms with Crippen molar-refractivity contribution in [1.29, 1.82) is 0 Å². The number of anilines is 1. The van der Waals surface area contributed by atoms with E-state index < -0.39 is 15.9 Å². The van der Waals surface area contributed by atoms with Crippen molar-refractivity contribution in [3.05, 3.63) is 40.5 Å². The average Bonchev–Trinajstić information content (AvgIpc) is 2.91. The van der Waals surface area contributed by atoms with E-state index in [1.807, 2.05) is 22.6 Å². The fourth-order valence-electron chi connectivity index (χ4n) is 2.04. The smallest absolute Gasteiger partial charge is 0.221 e. The first-order chi connectivity index (χ1) is 10.8. The Labute approximate surface area is 147 Å². The van der Waals surface area contributed by atoms with Gasteiger partial charge in [0.15, 0.2) is 9.84 Å². The van der Waals surface area contributed by atoms with Gasteiger partial charge in [-0.15, -0.1) is 0 Å². The second-order valence-electron chi connectivity index (χ2n) is 4.97. The number of hydrogen-bond acceptors (Lipinski definition) is 5. The number of hydrogen-bond donors (Lipinski definition) is 2. The maximum absolute atomic E-state index is 12.5. The average molecular weight is 449 g/mol. The van der Waals surface area contributed by atoms with Crippen molar-refractivity contribution in [2.24, 2.45) is 0 Å². The maximum atomic E-state index is 12.5. The second kappa shape index (κ2) is 7.41. The summed E-state index contributed by atoms with van der Waals surface area (Å²) in [6, 6.07) is 5.33. The molecule has 2 aromatic rings. The van der Waals surface area contributed by atoms with Crippen LogP contribution in [0.15, 0.2) is 41.7 Å². The Hall–Kier alpha value is -1.46. The number of aromatic nitrogens is 2. The number of benzene rings is 1. The van der Waals surface area contributed by atoms with Gasteiger partial charge in [0.05, 0.1) is 29.6 Å². The third-order valence-electron chi connectivity index (χ3n) is 3.15. The van der Waals surface area contributed by atoms with Crippen molar-refractivity contribution in [3.63, 3.8) is 0 Å². The van der Waals surface area contributed by atoms with E-state index in [1.54, 1.807) is 10.8 Å². The lowest BCUT2D eigenvalue weighted by Gasteiger charge is -2.16. The van der Waals surface area contributed by atoms with Gasteiger partial charge in [-0.05, 0) is 46.9 Å². The van der Waals surface area contributed by atoms with Gasteiger partial charge in [-0.2, -0.15) is 0 Å². The zero-order valence-electron chi connectivity index (χ0n) is 12.3. The highest BCUT2D eigenvalue weighted by Gasteiger charge is 2.22. The van der Waals surface area contributed by atoms with E-state index in [-0.39, 0.29) is 23.2 Å². The Morgan fingerprint density at radius 3 is 2.52 bits per heavy atom. The van der Waals surface area contributed by atoms with Gasteiger partial charge in [0.2, 0.25) is 5.91 Å². The second-order valence-corrected chi connectivity index (χ2v) is 8.11. The highest BCUT2D eigenvalue weighted by molar-refractivity contribution is 14.1. The van der Waals surface area contributed by atoms with Crippen molar-refractivity contribution >= 4 is 44.0 Å². The molecule has 124 valence electrons. The Morgan fingerprint density at radius 2 is 2.04 bits per heavy atom. The quantitative estimate of drug-likeness (QED) is 0.651. The minimum atomic E-state index is -3.58. The number of aliphatic hydroxyl groups is 1. The SMILES string of the molecule is CC(=O)Nc1ccc(S(=O)(=O)CC(CO)n2cnc(I)c2)cc1. The van der Waals surface area contributed by atoms with Gasteiger partial charge < -0.3 is 15.0 Å². The Bertz CT molecular complexity index is 787. The highest BCUT2D eigenvalue weighted by Crippen LogP contribution is 2.20. The van der Waals surface area contributed by atoms with Crippen molar-refractivity contribution in [1.82, 2.24) is 9.55 Å². The minimum absolute atomic E-state index is 0.139. The van der Waals surface area contributed by atoms with Gasteiger partial charge in [0, 0.05) is 18.8 Å². The van der Waals surface area contributed by atoms with Crippen LogP contribution < -0.4 is 5.32 Å². The van der Waals surface area contributed by atoms with E-state index in [2.05, 4.69) is 10.3 Å². The van der Waals surface area contributed by atoms with Crippen molar-refractivity contribution in [2.45, 2.75) is 17.9 Å². The third kappa shape index (κ3) is 4.75. The van der Waals surface area contributed by atoms with Gasteiger partial charge in [-0.25, -0.2) is 13.4 Å². The van der Waals surface area contributed by atoms with Crippen LogP contribution in [0.2, 0.25) is 0 Å². The number of imidazole rings is 1. The van der Waals surface area contributed by atoms with Crippen LogP contribution in [-0.2, 0) is 14.6 Å². The molecule has 9 heteroatoms. The lowest BCUT2D eigenvalue weighted by molar-refractivity contribution is -0.114. The summed E-state index contributed by atoms with van der Waals surface area (Å²) in [5.41, 5.74) is 0.527. The maximum Gasteiger partial charge on any atom is 0.221 e. The number of amides is 1. The summed E-state index contributed by atoms with van der Waals surface area (Å²) in [6.07, 6.45) is 3.18. The molecule has 1 heterocycles. The van der Waals surface area contributed by atoms with E-state index in [4.69, 9.17) is 0 Å². The highest BCUT2D eigenvalue weighted by atomic mass is 127. The molecule has 23 heavy (non-hydrogen) atoms. The molecule has 1 aromatic carbocycles. The van der Waals surface area contributed by atoms with Crippen LogP contribution in [0.1, 0.15) is 13.0 Å². The molecule has 1 amide bonds. The molecule has 0 aliphatic carbocycles. The molecule has 0 aliphatic heterocycles. The molecule has 0 radical (unpaired) electrons. The molecule has 1 atom stereocenters. The van der Waals surface area contributed by atoms with Crippen LogP contribution in [0, 0.1) is 3.70 Å². The number of carbonyl (C=O) groups excluding carboxylic acids is 1. The van der Waals surface area contributed by atoms with Crippen LogP contribution in [0.4, 0.5) is 5.69 Å². The number of sulfone groups is 1.